The van der Waals surface area contributed by atoms with Crippen LogP contribution in [-0.2, 0) is 4.79 Å². The van der Waals surface area contributed by atoms with Crippen molar-refractivity contribution in [2.45, 2.75) is 26.8 Å². The molecule has 0 aliphatic heterocycles. The molecule has 3 rings (SSSR count). The van der Waals surface area contributed by atoms with Gasteiger partial charge in [0.1, 0.15) is 5.75 Å². The molecule has 6 heteroatoms. The average molecular weight is 446 g/mol. The highest BCUT2D eigenvalue weighted by Gasteiger charge is 2.11. The highest BCUT2D eigenvalue weighted by atomic mass is 16.5. The van der Waals surface area contributed by atoms with Gasteiger partial charge in [0.15, 0.2) is 0 Å². The molecule has 0 aliphatic carbocycles. The summed E-state index contributed by atoms with van der Waals surface area (Å²) >= 11 is 0. The predicted molar refractivity (Wildman–Crippen MR) is 133 cm³/mol. The zero-order valence-corrected chi connectivity index (χ0v) is 19.3. The minimum Gasteiger partial charge on any atom is -0.493 e. The Hall–Kier alpha value is -3.80. The maximum atomic E-state index is 12.5. The fourth-order valence-corrected chi connectivity index (χ4v) is 3.16. The van der Waals surface area contributed by atoms with Gasteiger partial charge >= 0.3 is 0 Å². The van der Waals surface area contributed by atoms with Crippen LogP contribution in [0.3, 0.4) is 0 Å². The molecule has 0 saturated carbocycles. The second kappa shape index (κ2) is 11.7. The van der Waals surface area contributed by atoms with E-state index in [0.717, 1.165) is 17.0 Å². The van der Waals surface area contributed by atoms with Gasteiger partial charge < -0.3 is 20.7 Å². The van der Waals surface area contributed by atoms with E-state index in [9.17, 15) is 9.59 Å². The van der Waals surface area contributed by atoms with Crippen molar-refractivity contribution in [3.8, 4) is 5.75 Å². The van der Waals surface area contributed by atoms with E-state index in [4.69, 9.17) is 4.74 Å². The second-order valence-electron chi connectivity index (χ2n) is 8.32. The van der Waals surface area contributed by atoms with Gasteiger partial charge in [0.2, 0.25) is 5.91 Å². The normalized spacial score (nSPS) is 11.5. The van der Waals surface area contributed by atoms with E-state index < -0.39 is 0 Å². The van der Waals surface area contributed by atoms with Crippen LogP contribution in [0.1, 0.15) is 42.7 Å². The molecule has 0 bridgehead atoms. The smallest absolute Gasteiger partial charge is 0.251 e. The molecule has 0 radical (unpaired) electrons. The van der Waals surface area contributed by atoms with E-state index >= 15 is 0 Å². The minimum absolute atomic E-state index is 0.0885. The summed E-state index contributed by atoms with van der Waals surface area (Å²) in [7, 11) is 0. The van der Waals surface area contributed by atoms with Gasteiger partial charge in [-0.2, -0.15) is 0 Å². The molecule has 6 nitrogen and oxygen atoms in total. The lowest BCUT2D eigenvalue weighted by atomic mass is 10.1. The molecule has 2 amide bonds. The molecule has 1 unspecified atom stereocenters. The van der Waals surface area contributed by atoms with Crippen molar-refractivity contribution in [3.05, 3.63) is 90.0 Å². The van der Waals surface area contributed by atoms with Crippen molar-refractivity contribution >= 4 is 23.2 Å². The molecule has 0 saturated heterocycles. The number of benzene rings is 3. The van der Waals surface area contributed by atoms with Crippen LogP contribution in [0.5, 0.6) is 5.75 Å². The number of carbonyl (C=O) groups is 2. The van der Waals surface area contributed by atoms with Crippen molar-refractivity contribution in [2.75, 3.05) is 23.8 Å². The summed E-state index contributed by atoms with van der Waals surface area (Å²) in [6.45, 7) is 6.85. The van der Waals surface area contributed by atoms with Crippen LogP contribution in [0.15, 0.2) is 78.9 Å². The lowest BCUT2D eigenvalue weighted by Gasteiger charge is -2.14. The summed E-state index contributed by atoms with van der Waals surface area (Å²) < 4.78 is 5.70. The predicted octanol–water partition coefficient (Wildman–Crippen LogP) is 5.26. The molecule has 3 aromatic rings. The Labute approximate surface area is 195 Å². The third kappa shape index (κ3) is 7.68. The van der Waals surface area contributed by atoms with Gasteiger partial charge in [-0.15, -0.1) is 0 Å². The summed E-state index contributed by atoms with van der Waals surface area (Å²) in [5.41, 5.74) is 3.05. The topological polar surface area (TPSA) is 79.5 Å². The largest absolute Gasteiger partial charge is 0.493 e. The van der Waals surface area contributed by atoms with E-state index in [-0.39, 0.29) is 24.4 Å². The molecule has 0 aliphatic rings. The van der Waals surface area contributed by atoms with Crippen LogP contribution in [0, 0.1) is 5.92 Å². The zero-order valence-electron chi connectivity index (χ0n) is 19.3. The van der Waals surface area contributed by atoms with E-state index in [2.05, 4.69) is 29.8 Å². The maximum absolute atomic E-state index is 12.5. The van der Waals surface area contributed by atoms with Crippen molar-refractivity contribution < 1.29 is 14.3 Å². The first kappa shape index (κ1) is 23.9. The monoisotopic (exact) mass is 445 g/mol. The van der Waals surface area contributed by atoms with Crippen molar-refractivity contribution in [1.29, 1.82) is 0 Å². The number of amides is 2. The Kier molecular flexibility index (Phi) is 8.47. The van der Waals surface area contributed by atoms with Gasteiger partial charge in [0, 0.05) is 23.0 Å². The minimum atomic E-state index is -0.172. The maximum Gasteiger partial charge on any atom is 0.251 e. The van der Waals surface area contributed by atoms with Crippen LogP contribution >= 0.6 is 0 Å². The molecular formula is C27H31N3O3. The van der Waals surface area contributed by atoms with Crippen molar-refractivity contribution in [3.63, 3.8) is 0 Å². The molecular weight excluding hydrogens is 414 g/mol. The van der Waals surface area contributed by atoms with Crippen LogP contribution < -0.4 is 20.7 Å². The van der Waals surface area contributed by atoms with Crippen molar-refractivity contribution in [1.82, 2.24) is 5.32 Å². The average Bonchev–Trinajstić information content (AvgIpc) is 2.82. The quantitative estimate of drug-likeness (QED) is 0.398. The third-order valence-corrected chi connectivity index (χ3v) is 4.95. The third-order valence-electron chi connectivity index (χ3n) is 4.95. The molecule has 0 aromatic heterocycles. The first-order chi connectivity index (χ1) is 15.9. The summed E-state index contributed by atoms with van der Waals surface area (Å²) in [6, 6.07) is 24.1. The Morgan fingerprint density at radius 3 is 2.27 bits per heavy atom. The molecule has 0 spiro atoms. The number of hydrogen-bond donors (Lipinski definition) is 3. The zero-order chi connectivity index (χ0) is 23.6. The summed E-state index contributed by atoms with van der Waals surface area (Å²) in [5.74, 6) is 0.840. The standard InChI is InChI=1S/C27H31N3O3/c1-19(2)18-33-25-11-7-10-24(16-25)30-26(31)17-28-23-14-12-22(13-15-23)27(32)29-20(3)21-8-5-4-6-9-21/h4-16,19-20,28H,17-18H2,1-3H3,(H,29,32)(H,30,31). The Morgan fingerprint density at radius 2 is 1.58 bits per heavy atom. The molecule has 1 atom stereocenters. The molecule has 172 valence electrons. The van der Waals surface area contributed by atoms with Gasteiger partial charge in [-0.3, -0.25) is 9.59 Å². The highest BCUT2D eigenvalue weighted by molar-refractivity contribution is 5.95. The molecule has 0 fully saturated rings. The second-order valence-corrected chi connectivity index (χ2v) is 8.32. The summed E-state index contributed by atoms with van der Waals surface area (Å²) in [5, 5.41) is 8.93. The van der Waals surface area contributed by atoms with Crippen LogP contribution in [0.2, 0.25) is 0 Å². The van der Waals surface area contributed by atoms with Gasteiger partial charge in [0.05, 0.1) is 19.2 Å². The van der Waals surface area contributed by atoms with Crippen LogP contribution in [-0.4, -0.2) is 25.0 Å². The number of hydrogen-bond acceptors (Lipinski definition) is 4. The van der Waals surface area contributed by atoms with Gasteiger partial charge in [0.25, 0.3) is 5.91 Å². The number of ether oxygens (including phenoxy) is 1. The Morgan fingerprint density at radius 1 is 0.848 bits per heavy atom. The Balaban J connectivity index is 1.47. The number of rotatable bonds is 10. The first-order valence-corrected chi connectivity index (χ1v) is 11.1. The summed E-state index contributed by atoms with van der Waals surface area (Å²) in [4.78, 5) is 24.8. The number of carbonyl (C=O) groups excluding carboxylic acids is 2. The van der Waals surface area contributed by atoms with E-state index in [1.165, 1.54) is 0 Å². The van der Waals surface area contributed by atoms with E-state index in [0.29, 0.717) is 23.8 Å². The fourth-order valence-electron chi connectivity index (χ4n) is 3.16. The van der Waals surface area contributed by atoms with Gasteiger partial charge in [-0.1, -0.05) is 50.2 Å². The molecule has 3 aromatic carbocycles. The van der Waals surface area contributed by atoms with Crippen LogP contribution in [0.25, 0.3) is 0 Å². The first-order valence-electron chi connectivity index (χ1n) is 11.1. The van der Waals surface area contributed by atoms with Gasteiger partial charge in [-0.25, -0.2) is 0 Å². The number of nitrogens with one attached hydrogen (secondary N) is 3. The van der Waals surface area contributed by atoms with Crippen LogP contribution in [0.4, 0.5) is 11.4 Å². The highest BCUT2D eigenvalue weighted by Crippen LogP contribution is 2.18. The molecule has 3 N–H and O–H groups in total. The lowest BCUT2D eigenvalue weighted by Crippen LogP contribution is -2.26. The van der Waals surface area contributed by atoms with E-state index in [1.54, 1.807) is 24.3 Å². The summed E-state index contributed by atoms with van der Waals surface area (Å²) in [6.07, 6.45) is 0. The lowest BCUT2D eigenvalue weighted by molar-refractivity contribution is -0.114. The van der Waals surface area contributed by atoms with Crippen molar-refractivity contribution in [2.24, 2.45) is 5.92 Å². The fraction of sp³-hybridized carbons (Fsp3) is 0.259. The molecule has 33 heavy (non-hydrogen) atoms. The van der Waals surface area contributed by atoms with E-state index in [1.807, 2.05) is 61.5 Å². The molecule has 0 heterocycles. The SMILES string of the molecule is CC(C)COc1cccc(NC(=O)CNc2ccc(C(=O)NC(C)c3ccccc3)cc2)c1. The Bertz CT molecular complexity index is 1050. The number of anilines is 2. The van der Waals surface area contributed by atoms with Gasteiger partial charge in [-0.05, 0) is 54.8 Å².